The number of ether oxygens (including phenoxy) is 2. The van der Waals surface area contributed by atoms with E-state index < -0.39 is 10.0 Å². The van der Waals surface area contributed by atoms with Crippen molar-refractivity contribution in [1.82, 2.24) is 19.6 Å². The average Bonchev–Trinajstić information content (AvgIpc) is 3.13. The molecule has 0 spiro atoms. The van der Waals surface area contributed by atoms with Crippen LogP contribution >= 0.6 is 11.6 Å². The number of anilines is 4. The summed E-state index contributed by atoms with van der Waals surface area (Å²) in [5.41, 5.74) is 3.52. The Labute approximate surface area is 235 Å². The Bertz CT molecular complexity index is 1400. The molecule has 1 aliphatic rings. The van der Waals surface area contributed by atoms with Crippen LogP contribution in [0.25, 0.3) is 0 Å². The predicted octanol–water partition coefficient (Wildman–Crippen LogP) is 4.36. The molecule has 0 saturated carbocycles. The molecule has 0 bridgehead atoms. The number of hydrogen-bond donors (Lipinski definition) is 3. The molecule has 0 aliphatic heterocycles. The lowest BCUT2D eigenvalue weighted by Gasteiger charge is -2.19. The Balaban J connectivity index is 1.59. The molecule has 4 rings (SSSR count). The maximum atomic E-state index is 12.8. The highest BCUT2D eigenvalue weighted by molar-refractivity contribution is 7.89. The van der Waals surface area contributed by atoms with Crippen molar-refractivity contribution in [2.45, 2.75) is 36.6 Å². The van der Waals surface area contributed by atoms with Gasteiger partial charge in [-0.25, -0.2) is 17.7 Å². The second-order valence-electron chi connectivity index (χ2n) is 9.45. The molecule has 0 saturated heterocycles. The fourth-order valence-electron chi connectivity index (χ4n) is 4.65. The molecular weight excluding hydrogens is 540 g/mol. The molecule has 210 valence electrons. The van der Waals surface area contributed by atoms with Crippen molar-refractivity contribution in [2.75, 3.05) is 52.1 Å². The molecule has 3 N–H and O–H groups in total. The first kappa shape index (κ1) is 29.0. The topological polar surface area (TPSA) is 118 Å². The second-order valence-corrected chi connectivity index (χ2v) is 12.0. The van der Waals surface area contributed by atoms with Gasteiger partial charge in [0.1, 0.15) is 15.7 Å². The zero-order valence-corrected chi connectivity index (χ0v) is 24.2. The van der Waals surface area contributed by atoms with Crippen LogP contribution in [-0.2, 0) is 27.6 Å². The summed E-state index contributed by atoms with van der Waals surface area (Å²) in [6, 6.07) is 11.1. The number of fused-ring (bicyclic) bond motifs is 1. The summed E-state index contributed by atoms with van der Waals surface area (Å²) in [7, 11) is 2.65. The fraction of sp³-hybridized carbons (Fsp3) is 0.407. The van der Waals surface area contributed by atoms with Crippen molar-refractivity contribution in [3.05, 3.63) is 58.7 Å². The first-order valence-electron chi connectivity index (χ1n) is 12.7. The van der Waals surface area contributed by atoms with E-state index in [2.05, 4.69) is 32.0 Å². The molecule has 10 nitrogen and oxygen atoms in total. The number of benzene rings is 2. The van der Waals surface area contributed by atoms with Gasteiger partial charge in [0.2, 0.25) is 16.0 Å². The predicted molar refractivity (Wildman–Crippen MR) is 154 cm³/mol. The molecule has 1 unspecified atom stereocenters. The number of methoxy groups -OCH3 is 2. The smallest absolute Gasteiger partial charge is 0.244 e. The van der Waals surface area contributed by atoms with Gasteiger partial charge in [-0.15, -0.1) is 0 Å². The SMILES string of the molecule is COCCNC1CCCc2c(ccc(Nc3ncc(Cl)c(Nc4ccccc4S(=O)(=O)N(C)C)n3)c2OC)C1. The highest BCUT2D eigenvalue weighted by Gasteiger charge is 2.23. The zero-order chi connectivity index (χ0) is 28.0. The van der Waals surface area contributed by atoms with Crippen LogP contribution in [0.1, 0.15) is 24.0 Å². The molecule has 12 heteroatoms. The second kappa shape index (κ2) is 12.9. The van der Waals surface area contributed by atoms with Crippen LogP contribution in [0, 0.1) is 0 Å². The summed E-state index contributed by atoms with van der Waals surface area (Å²) in [6.07, 6.45) is 5.40. The van der Waals surface area contributed by atoms with Gasteiger partial charge in [-0.2, -0.15) is 4.98 Å². The molecule has 1 aromatic heterocycles. The highest BCUT2D eigenvalue weighted by Crippen LogP contribution is 2.37. The molecule has 0 amide bonds. The van der Waals surface area contributed by atoms with Gasteiger partial charge in [0.15, 0.2) is 5.82 Å². The van der Waals surface area contributed by atoms with Crippen LogP contribution < -0.4 is 20.7 Å². The Morgan fingerprint density at radius 1 is 1.10 bits per heavy atom. The molecule has 3 aromatic rings. The lowest BCUT2D eigenvalue weighted by atomic mass is 9.99. The number of sulfonamides is 1. The third-order valence-corrected chi connectivity index (χ3v) is 8.79. The van der Waals surface area contributed by atoms with Crippen LogP contribution in [0.3, 0.4) is 0 Å². The number of nitrogens with one attached hydrogen (secondary N) is 3. The van der Waals surface area contributed by atoms with E-state index in [0.29, 0.717) is 24.3 Å². The highest BCUT2D eigenvalue weighted by atomic mass is 35.5. The number of nitrogens with zero attached hydrogens (tertiary/aromatic N) is 3. The molecule has 1 aliphatic carbocycles. The summed E-state index contributed by atoms with van der Waals surface area (Å²) in [6.45, 7) is 1.51. The molecule has 0 fully saturated rings. The van der Waals surface area contributed by atoms with Gasteiger partial charge in [-0.3, -0.25) is 0 Å². The molecule has 0 radical (unpaired) electrons. The van der Waals surface area contributed by atoms with Gasteiger partial charge in [0, 0.05) is 33.8 Å². The molecule has 1 atom stereocenters. The molecule has 39 heavy (non-hydrogen) atoms. The first-order valence-corrected chi connectivity index (χ1v) is 14.6. The van der Waals surface area contributed by atoms with E-state index in [1.54, 1.807) is 32.4 Å². The van der Waals surface area contributed by atoms with Gasteiger partial charge in [0.25, 0.3) is 0 Å². The van der Waals surface area contributed by atoms with E-state index >= 15 is 0 Å². The van der Waals surface area contributed by atoms with Gasteiger partial charge in [-0.1, -0.05) is 29.8 Å². The first-order chi connectivity index (χ1) is 18.7. The van der Waals surface area contributed by atoms with E-state index in [0.717, 1.165) is 48.0 Å². The Morgan fingerprint density at radius 2 is 1.90 bits per heavy atom. The third-order valence-electron chi connectivity index (χ3n) is 6.64. The Hall–Kier alpha value is -2.96. The van der Waals surface area contributed by atoms with Crippen molar-refractivity contribution in [2.24, 2.45) is 0 Å². The quantitative estimate of drug-likeness (QED) is 0.227. The number of hydrogen-bond acceptors (Lipinski definition) is 9. The van der Waals surface area contributed by atoms with Crippen LogP contribution in [0.2, 0.25) is 5.02 Å². The minimum Gasteiger partial charge on any atom is -0.494 e. The summed E-state index contributed by atoms with van der Waals surface area (Å²) in [5.74, 6) is 1.33. The van der Waals surface area contributed by atoms with Gasteiger partial charge < -0.3 is 25.4 Å². The van der Waals surface area contributed by atoms with Crippen molar-refractivity contribution in [3.63, 3.8) is 0 Å². The van der Waals surface area contributed by atoms with E-state index in [4.69, 9.17) is 21.1 Å². The van der Waals surface area contributed by atoms with Gasteiger partial charge in [-0.05, 0) is 55.0 Å². The minimum atomic E-state index is -3.69. The maximum Gasteiger partial charge on any atom is 0.244 e. The van der Waals surface area contributed by atoms with E-state index in [1.807, 2.05) is 6.07 Å². The van der Waals surface area contributed by atoms with Crippen molar-refractivity contribution in [3.8, 4) is 5.75 Å². The van der Waals surface area contributed by atoms with Crippen LogP contribution in [-0.4, -0.2) is 70.2 Å². The normalized spacial score (nSPS) is 15.5. The van der Waals surface area contributed by atoms with Gasteiger partial charge in [0.05, 0.1) is 31.3 Å². The fourth-order valence-corrected chi connectivity index (χ4v) is 5.83. The minimum absolute atomic E-state index is 0.113. The summed E-state index contributed by atoms with van der Waals surface area (Å²) < 4.78 is 37.8. The van der Waals surface area contributed by atoms with Crippen molar-refractivity contribution >= 4 is 44.8 Å². The number of halogens is 1. The molecule has 2 aromatic carbocycles. The van der Waals surface area contributed by atoms with E-state index in [9.17, 15) is 8.42 Å². The largest absolute Gasteiger partial charge is 0.494 e. The van der Waals surface area contributed by atoms with Crippen molar-refractivity contribution < 1.29 is 17.9 Å². The number of aromatic nitrogens is 2. The van der Waals surface area contributed by atoms with Crippen molar-refractivity contribution in [1.29, 1.82) is 0 Å². The summed E-state index contributed by atoms with van der Waals surface area (Å²) in [4.78, 5) is 8.99. The monoisotopic (exact) mass is 574 g/mol. The maximum absolute atomic E-state index is 12.8. The van der Waals surface area contributed by atoms with Crippen LogP contribution in [0.5, 0.6) is 5.75 Å². The van der Waals surface area contributed by atoms with Gasteiger partial charge >= 0.3 is 0 Å². The molecule has 1 heterocycles. The summed E-state index contributed by atoms with van der Waals surface area (Å²) in [5, 5.41) is 10.2. The Morgan fingerprint density at radius 3 is 2.64 bits per heavy atom. The van der Waals surface area contributed by atoms with E-state index in [-0.39, 0.29) is 15.7 Å². The third kappa shape index (κ3) is 6.79. The standard InChI is InChI=1S/C27H35ClN6O4S/c1-34(2)39(35,36)24-11-6-5-10-22(24)31-26-21(28)17-30-27(33-26)32-23-13-12-18-16-19(29-14-15-37-3)8-7-9-20(18)25(23)38-4/h5-6,10-13,17,19,29H,7-9,14-16H2,1-4H3,(H2,30,31,32,33). The lowest BCUT2D eigenvalue weighted by molar-refractivity contribution is 0.195. The van der Waals surface area contributed by atoms with E-state index in [1.165, 1.54) is 37.5 Å². The zero-order valence-electron chi connectivity index (χ0n) is 22.6. The van der Waals surface area contributed by atoms with Crippen LogP contribution in [0.15, 0.2) is 47.5 Å². The number of para-hydroxylation sites is 1. The van der Waals surface area contributed by atoms with Crippen LogP contribution in [0.4, 0.5) is 23.1 Å². The number of rotatable bonds is 11. The lowest BCUT2D eigenvalue weighted by Crippen LogP contribution is -2.33. The molecular formula is C27H35ClN6O4S. The Kier molecular flexibility index (Phi) is 9.62. The average molecular weight is 575 g/mol. The summed E-state index contributed by atoms with van der Waals surface area (Å²) >= 11 is 6.40.